The second kappa shape index (κ2) is 8.62. The van der Waals surface area contributed by atoms with Gasteiger partial charge in [-0.3, -0.25) is 4.79 Å². The van der Waals surface area contributed by atoms with Crippen molar-refractivity contribution in [1.82, 2.24) is 5.32 Å². The highest BCUT2D eigenvalue weighted by Crippen LogP contribution is 2.25. The molecule has 5 nitrogen and oxygen atoms in total. The van der Waals surface area contributed by atoms with Crippen LogP contribution in [0.3, 0.4) is 0 Å². The minimum Gasteiger partial charge on any atom is -0.390 e. The number of benzene rings is 1. The Bertz CT molecular complexity index is 662. The highest BCUT2D eigenvalue weighted by molar-refractivity contribution is 5.87. The van der Waals surface area contributed by atoms with Gasteiger partial charge in [-0.1, -0.05) is 31.1 Å². The molecule has 6 heteroatoms. The Kier molecular flexibility index (Phi) is 6.25. The van der Waals surface area contributed by atoms with E-state index in [1.165, 1.54) is 12.1 Å². The van der Waals surface area contributed by atoms with Gasteiger partial charge < -0.3 is 14.9 Å². The molecule has 142 valence electrons. The van der Waals surface area contributed by atoms with Crippen LogP contribution in [0.2, 0.25) is 0 Å². The predicted octanol–water partition coefficient (Wildman–Crippen LogP) is 3.08. The Morgan fingerprint density at radius 3 is 3.04 bits per heavy atom. The molecule has 0 saturated carbocycles. The van der Waals surface area contributed by atoms with Gasteiger partial charge in [0.25, 0.3) is 0 Å². The molecule has 0 unspecified atom stereocenters. The van der Waals surface area contributed by atoms with Gasteiger partial charge in [0.05, 0.1) is 18.4 Å². The molecule has 1 aromatic rings. The molecular formula is C20H27FN2O3. The van der Waals surface area contributed by atoms with E-state index in [-0.39, 0.29) is 29.9 Å². The molecule has 0 radical (unpaired) electrons. The first kappa shape index (κ1) is 18.8. The molecule has 2 heterocycles. The molecule has 1 amide bonds. The van der Waals surface area contributed by atoms with Gasteiger partial charge in [-0.25, -0.2) is 4.39 Å². The molecule has 0 spiro atoms. The Morgan fingerprint density at radius 2 is 2.27 bits per heavy atom. The summed E-state index contributed by atoms with van der Waals surface area (Å²) in [6, 6.07) is 6.50. The third kappa shape index (κ3) is 5.04. The average molecular weight is 362 g/mol. The summed E-state index contributed by atoms with van der Waals surface area (Å²) in [5.41, 5.74) is 1.75. The van der Waals surface area contributed by atoms with Crippen LogP contribution >= 0.6 is 0 Å². The molecule has 1 saturated heterocycles. The van der Waals surface area contributed by atoms with Crippen molar-refractivity contribution < 1.29 is 18.8 Å². The number of ether oxygens (including phenoxy) is 1. The second-order valence-electron chi connectivity index (χ2n) is 7.52. The predicted molar refractivity (Wildman–Crippen MR) is 97.3 cm³/mol. The largest absolute Gasteiger partial charge is 0.390 e. The van der Waals surface area contributed by atoms with Crippen molar-refractivity contribution in [3.63, 3.8) is 0 Å². The number of amides is 1. The van der Waals surface area contributed by atoms with Crippen LogP contribution in [0.25, 0.3) is 0 Å². The number of carbonyl (C=O) groups excluding carboxylic acids is 1. The van der Waals surface area contributed by atoms with E-state index in [2.05, 4.69) is 24.3 Å². The number of hydrogen-bond donors (Lipinski definition) is 1. The van der Waals surface area contributed by atoms with Crippen LogP contribution in [0.1, 0.15) is 38.7 Å². The van der Waals surface area contributed by atoms with Crippen molar-refractivity contribution in [2.45, 2.75) is 51.7 Å². The molecule has 2 aliphatic rings. The highest BCUT2D eigenvalue weighted by Gasteiger charge is 2.30. The molecule has 0 bridgehead atoms. The van der Waals surface area contributed by atoms with Crippen LogP contribution < -0.4 is 5.32 Å². The molecule has 0 aromatic heterocycles. The first-order valence-corrected chi connectivity index (χ1v) is 9.36. The molecule has 3 atom stereocenters. The fourth-order valence-electron chi connectivity index (χ4n) is 3.47. The summed E-state index contributed by atoms with van der Waals surface area (Å²) in [5, 5.41) is 7.09. The van der Waals surface area contributed by atoms with Crippen LogP contribution in [0.5, 0.6) is 0 Å². The van der Waals surface area contributed by atoms with Gasteiger partial charge in [0.2, 0.25) is 5.91 Å². The Hall–Kier alpha value is -1.95. The molecule has 0 aliphatic carbocycles. The van der Waals surface area contributed by atoms with Crippen LogP contribution in [-0.4, -0.2) is 37.0 Å². The van der Waals surface area contributed by atoms with E-state index in [0.717, 1.165) is 24.1 Å². The lowest BCUT2D eigenvalue weighted by molar-refractivity contribution is -0.131. The van der Waals surface area contributed by atoms with E-state index in [1.807, 2.05) is 6.07 Å². The zero-order chi connectivity index (χ0) is 18.5. The Morgan fingerprint density at radius 1 is 1.42 bits per heavy atom. The summed E-state index contributed by atoms with van der Waals surface area (Å²) in [4.78, 5) is 17.9. The van der Waals surface area contributed by atoms with E-state index in [9.17, 15) is 9.18 Å². The van der Waals surface area contributed by atoms with Gasteiger partial charge in [0.15, 0.2) is 0 Å². The smallest absolute Gasteiger partial charge is 0.223 e. The normalized spacial score (nSPS) is 25.7. The summed E-state index contributed by atoms with van der Waals surface area (Å²) < 4.78 is 19.0. The summed E-state index contributed by atoms with van der Waals surface area (Å²) >= 11 is 0. The lowest BCUT2D eigenvalue weighted by Crippen LogP contribution is -2.41. The van der Waals surface area contributed by atoms with Gasteiger partial charge in [-0.15, -0.1) is 0 Å². The molecule has 1 aromatic carbocycles. The van der Waals surface area contributed by atoms with E-state index in [0.29, 0.717) is 31.9 Å². The molecule has 26 heavy (non-hydrogen) atoms. The maximum absolute atomic E-state index is 13.3. The van der Waals surface area contributed by atoms with Crippen molar-refractivity contribution in [2.75, 3.05) is 13.2 Å². The van der Waals surface area contributed by atoms with Crippen molar-refractivity contribution in [2.24, 2.45) is 17.0 Å². The first-order chi connectivity index (χ1) is 12.5. The quantitative estimate of drug-likeness (QED) is 0.846. The van der Waals surface area contributed by atoms with Crippen LogP contribution in [0.4, 0.5) is 4.39 Å². The van der Waals surface area contributed by atoms with Crippen LogP contribution in [-0.2, 0) is 20.8 Å². The molecule has 2 aliphatic heterocycles. The van der Waals surface area contributed by atoms with Crippen LogP contribution in [0.15, 0.2) is 29.4 Å². The Balaban J connectivity index is 1.41. The number of nitrogens with zero attached hydrogens (tertiary/aromatic N) is 1. The number of nitrogens with one attached hydrogen (secondary N) is 1. The minimum absolute atomic E-state index is 0.00485. The first-order valence-electron chi connectivity index (χ1n) is 9.36. The third-order valence-corrected chi connectivity index (χ3v) is 5.02. The van der Waals surface area contributed by atoms with Crippen LogP contribution in [0, 0.1) is 17.7 Å². The standard InChI is InChI=1S/C20H27FN2O3/c1-13(2)19-10-15(6-7-25-19)20(24)22-12-18-11-17(23-26-18)9-14-4-3-5-16(21)8-14/h3-5,8,13,15,18-19H,6-7,9-12H2,1-2H3,(H,22,24)/t15-,18-,19-/m0/s1. The molecule has 3 rings (SSSR count). The van der Waals surface area contributed by atoms with Crippen molar-refractivity contribution in [1.29, 1.82) is 0 Å². The van der Waals surface area contributed by atoms with E-state index < -0.39 is 0 Å². The summed E-state index contributed by atoms with van der Waals surface area (Å²) in [5.74, 6) is 0.246. The topological polar surface area (TPSA) is 59.9 Å². The fourth-order valence-corrected chi connectivity index (χ4v) is 3.47. The van der Waals surface area contributed by atoms with E-state index in [4.69, 9.17) is 9.57 Å². The molecule has 1 N–H and O–H groups in total. The SMILES string of the molecule is CC(C)[C@@H]1C[C@@H](C(=O)NC[C@@H]2CC(Cc3cccc(F)c3)=NO2)CCO1. The summed E-state index contributed by atoms with van der Waals surface area (Å²) in [6.07, 6.45) is 2.77. The monoisotopic (exact) mass is 362 g/mol. The maximum Gasteiger partial charge on any atom is 0.223 e. The average Bonchev–Trinajstić information content (AvgIpc) is 3.07. The fraction of sp³-hybridized carbons (Fsp3) is 0.600. The van der Waals surface area contributed by atoms with Gasteiger partial charge in [-0.05, 0) is 36.5 Å². The van der Waals surface area contributed by atoms with E-state index >= 15 is 0 Å². The molecule has 1 fully saturated rings. The summed E-state index contributed by atoms with van der Waals surface area (Å²) in [6.45, 7) is 5.32. The van der Waals surface area contributed by atoms with Gasteiger partial charge in [0, 0.05) is 25.4 Å². The van der Waals surface area contributed by atoms with Crippen molar-refractivity contribution in [3.8, 4) is 0 Å². The number of hydrogen-bond acceptors (Lipinski definition) is 4. The maximum atomic E-state index is 13.3. The highest BCUT2D eigenvalue weighted by atomic mass is 19.1. The van der Waals surface area contributed by atoms with Crippen molar-refractivity contribution >= 4 is 11.6 Å². The summed E-state index contributed by atoms with van der Waals surface area (Å²) in [7, 11) is 0. The van der Waals surface area contributed by atoms with Gasteiger partial charge in [0.1, 0.15) is 11.9 Å². The van der Waals surface area contributed by atoms with Crippen molar-refractivity contribution in [3.05, 3.63) is 35.6 Å². The van der Waals surface area contributed by atoms with Gasteiger partial charge >= 0.3 is 0 Å². The minimum atomic E-state index is -0.248. The zero-order valence-corrected chi connectivity index (χ0v) is 15.4. The van der Waals surface area contributed by atoms with E-state index in [1.54, 1.807) is 6.07 Å². The number of carbonyl (C=O) groups is 1. The lowest BCUT2D eigenvalue weighted by Gasteiger charge is -2.31. The Labute approximate surface area is 153 Å². The lowest BCUT2D eigenvalue weighted by atomic mass is 9.89. The number of oxime groups is 1. The zero-order valence-electron chi connectivity index (χ0n) is 15.4. The third-order valence-electron chi connectivity index (χ3n) is 5.02. The second-order valence-corrected chi connectivity index (χ2v) is 7.52. The molecular weight excluding hydrogens is 335 g/mol. The number of rotatable bonds is 6. The number of halogens is 1. The van der Waals surface area contributed by atoms with Gasteiger partial charge in [-0.2, -0.15) is 0 Å².